The molecule has 33 heavy (non-hydrogen) atoms. The fourth-order valence-electron chi connectivity index (χ4n) is 2.97. The van der Waals surface area contributed by atoms with Crippen molar-refractivity contribution in [2.24, 2.45) is 5.10 Å². The first-order valence-corrected chi connectivity index (χ1v) is 12.7. The van der Waals surface area contributed by atoms with Gasteiger partial charge in [0.25, 0.3) is 5.91 Å². The Bertz CT molecular complexity index is 1230. The van der Waals surface area contributed by atoms with E-state index in [0.717, 1.165) is 20.3 Å². The molecular formula is C24H24FN3O3S2. The maximum absolute atomic E-state index is 14.2. The molecule has 0 bridgehead atoms. The summed E-state index contributed by atoms with van der Waals surface area (Å²) in [5.74, 6) is -1.19. The maximum atomic E-state index is 14.2. The molecule has 0 saturated carbocycles. The summed E-state index contributed by atoms with van der Waals surface area (Å²) in [6.07, 6.45) is 3.44. The third-order valence-corrected chi connectivity index (χ3v) is 7.35. The maximum Gasteiger partial charge on any atom is 0.255 e. The van der Waals surface area contributed by atoms with Crippen LogP contribution in [-0.2, 0) is 21.4 Å². The number of amides is 1. The fraction of sp³-hybridized carbons (Fsp3) is 0.167. The summed E-state index contributed by atoms with van der Waals surface area (Å²) >= 11 is 1.61. The highest BCUT2D eigenvalue weighted by atomic mass is 32.2. The van der Waals surface area contributed by atoms with Crippen molar-refractivity contribution in [3.63, 3.8) is 0 Å². The molecule has 3 aromatic carbocycles. The molecule has 0 aromatic heterocycles. The second-order valence-electron chi connectivity index (χ2n) is 7.24. The van der Waals surface area contributed by atoms with Gasteiger partial charge in [-0.15, -0.1) is 11.8 Å². The summed E-state index contributed by atoms with van der Waals surface area (Å²) in [4.78, 5) is 13.6. The average Bonchev–Trinajstić information content (AvgIpc) is 2.80. The number of carbonyl (C=O) groups is 1. The number of halogens is 1. The number of nitrogens with one attached hydrogen (secondary N) is 1. The van der Waals surface area contributed by atoms with Crippen LogP contribution in [0.25, 0.3) is 0 Å². The number of rotatable bonds is 9. The Labute approximate surface area is 197 Å². The van der Waals surface area contributed by atoms with Crippen molar-refractivity contribution in [3.8, 4) is 0 Å². The molecule has 9 heteroatoms. The number of aryl methyl sites for hydroxylation is 1. The topological polar surface area (TPSA) is 78.8 Å². The first-order chi connectivity index (χ1) is 15.8. The molecular weight excluding hydrogens is 461 g/mol. The van der Waals surface area contributed by atoms with Gasteiger partial charge in [0, 0.05) is 17.0 Å². The van der Waals surface area contributed by atoms with Crippen molar-refractivity contribution in [2.75, 3.05) is 12.8 Å². The van der Waals surface area contributed by atoms with E-state index in [0.29, 0.717) is 0 Å². The Balaban J connectivity index is 1.78. The lowest BCUT2D eigenvalue weighted by Gasteiger charge is -2.22. The van der Waals surface area contributed by atoms with E-state index in [1.165, 1.54) is 36.5 Å². The monoisotopic (exact) mass is 485 g/mol. The van der Waals surface area contributed by atoms with Crippen LogP contribution in [0, 0.1) is 12.7 Å². The van der Waals surface area contributed by atoms with Gasteiger partial charge in [-0.1, -0.05) is 48.0 Å². The van der Waals surface area contributed by atoms with Crippen LogP contribution in [0.4, 0.5) is 4.39 Å². The Morgan fingerprint density at radius 3 is 2.36 bits per heavy atom. The minimum absolute atomic E-state index is 0.0228. The van der Waals surface area contributed by atoms with Crippen LogP contribution < -0.4 is 5.43 Å². The number of thioether (sulfide) groups is 1. The van der Waals surface area contributed by atoms with Gasteiger partial charge in [-0.25, -0.2) is 18.2 Å². The van der Waals surface area contributed by atoms with Gasteiger partial charge in [0.2, 0.25) is 10.0 Å². The van der Waals surface area contributed by atoms with Gasteiger partial charge in [-0.3, -0.25) is 4.79 Å². The summed E-state index contributed by atoms with van der Waals surface area (Å²) in [5, 5.41) is 3.91. The van der Waals surface area contributed by atoms with Gasteiger partial charge in [0.05, 0.1) is 17.7 Å². The van der Waals surface area contributed by atoms with Crippen LogP contribution in [-0.4, -0.2) is 37.6 Å². The molecule has 1 amide bonds. The Hall–Kier alpha value is -3.01. The van der Waals surface area contributed by atoms with Crippen LogP contribution in [0.1, 0.15) is 16.7 Å². The lowest BCUT2D eigenvalue weighted by Crippen LogP contribution is -2.39. The molecule has 3 aromatic rings. The van der Waals surface area contributed by atoms with E-state index >= 15 is 0 Å². The van der Waals surface area contributed by atoms with Gasteiger partial charge in [0.1, 0.15) is 5.82 Å². The summed E-state index contributed by atoms with van der Waals surface area (Å²) in [5.41, 5.74) is 4.19. The number of nitrogens with zero attached hydrogens (tertiary/aromatic N) is 2. The highest BCUT2D eigenvalue weighted by Gasteiger charge is 2.27. The number of hydrogen-bond donors (Lipinski definition) is 1. The fourth-order valence-corrected chi connectivity index (χ4v) is 4.75. The number of carbonyl (C=O) groups excluding carboxylic acids is 1. The third kappa shape index (κ3) is 6.74. The molecule has 0 heterocycles. The first-order valence-electron chi connectivity index (χ1n) is 10.1. The minimum atomic E-state index is -4.06. The lowest BCUT2D eigenvalue weighted by molar-refractivity contribution is -0.121. The lowest BCUT2D eigenvalue weighted by atomic mass is 10.2. The minimum Gasteiger partial charge on any atom is -0.272 e. The number of sulfonamides is 1. The summed E-state index contributed by atoms with van der Waals surface area (Å²) in [6, 6.07) is 19.7. The van der Waals surface area contributed by atoms with Crippen molar-refractivity contribution in [2.45, 2.75) is 23.3 Å². The normalized spacial score (nSPS) is 11.8. The summed E-state index contributed by atoms with van der Waals surface area (Å²) < 4.78 is 41.6. The van der Waals surface area contributed by atoms with Gasteiger partial charge >= 0.3 is 0 Å². The first kappa shape index (κ1) is 24.6. The van der Waals surface area contributed by atoms with E-state index in [-0.39, 0.29) is 17.0 Å². The van der Waals surface area contributed by atoms with Crippen LogP contribution in [0.5, 0.6) is 0 Å². The second-order valence-corrected chi connectivity index (χ2v) is 10.1. The van der Waals surface area contributed by atoms with Gasteiger partial charge in [-0.05, 0) is 49.1 Å². The largest absolute Gasteiger partial charge is 0.272 e. The van der Waals surface area contributed by atoms with E-state index in [4.69, 9.17) is 0 Å². The van der Waals surface area contributed by atoms with E-state index in [1.54, 1.807) is 30.0 Å². The zero-order chi connectivity index (χ0) is 23.8. The Kier molecular flexibility index (Phi) is 8.37. The Morgan fingerprint density at radius 1 is 1.06 bits per heavy atom. The molecule has 0 aliphatic rings. The van der Waals surface area contributed by atoms with Crippen molar-refractivity contribution in [1.82, 2.24) is 9.73 Å². The zero-order valence-corrected chi connectivity index (χ0v) is 19.9. The highest BCUT2D eigenvalue weighted by molar-refractivity contribution is 7.98. The van der Waals surface area contributed by atoms with Crippen LogP contribution in [0.3, 0.4) is 0 Å². The third-order valence-electron chi connectivity index (χ3n) is 4.80. The Morgan fingerprint density at radius 2 is 1.73 bits per heavy atom. The molecule has 0 atom stereocenters. The van der Waals surface area contributed by atoms with E-state index in [9.17, 15) is 17.6 Å². The molecule has 0 aliphatic carbocycles. The number of hydrogen-bond acceptors (Lipinski definition) is 5. The van der Waals surface area contributed by atoms with Crippen LogP contribution >= 0.6 is 11.8 Å². The molecule has 172 valence electrons. The molecule has 0 fully saturated rings. The van der Waals surface area contributed by atoms with Crippen molar-refractivity contribution in [3.05, 3.63) is 95.3 Å². The van der Waals surface area contributed by atoms with Crippen molar-refractivity contribution < 1.29 is 17.6 Å². The molecule has 3 rings (SSSR count). The van der Waals surface area contributed by atoms with Crippen molar-refractivity contribution >= 4 is 33.9 Å². The standard InChI is InChI=1S/C24H24FN3O3S2/c1-18-7-13-22(14-8-18)33(30,31)28(16-20-5-3-4-6-23(20)25)17-24(29)27-26-15-19-9-11-21(32-2)12-10-19/h3-15H,16-17H2,1-2H3,(H,27,29)/b26-15-. The predicted molar refractivity (Wildman–Crippen MR) is 129 cm³/mol. The van der Waals surface area contributed by atoms with E-state index in [2.05, 4.69) is 10.5 Å². The smallest absolute Gasteiger partial charge is 0.255 e. The molecule has 0 radical (unpaired) electrons. The number of hydrazone groups is 1. The molecule has 0 unspecified atom stereocenters. The van der Waals surface area contributed by atoms with Gasteiger partial charge in [-0.2, -0.15) is 9.41 Å². The summed E-state index contributed by atoms with van der Waals surface area (Å²) in [7, 11) is -4.06. The van der Waals surface area contributed by atoms with E-state index in [1.807, 2.05) is 37.4 Å². The van der Waals surface area contributed by atoms with Gasteiger partial charge < -0.3 is 0 Å². The van der Waals surface area contributed by atoms with E-state index < -0.39 is 28.3 Å². The SMILES string of the molecule is CSc1ccc(/C=N\NC(=O)CN(Cc2ccccc2F)S(=O)(=O)c2ccc(C)cc2)cc1. The molecule has 1 N–H and O–H groups in total. The number of benzene rings is 3. The van der Waals surface area contributed by atoms with Crippen molar-refractivity contribution in [1.29, 1.82) is 0 Å². The quantitative estimate of drug-likeness (QED) is 0.280. The molecule has 6 nitrogen and oxygen atoms in total. The second kappa shape index (κ2) is 11.2. The molecule has 0 spiro atoms. The highest BCUT2D eigenvalue weighted by Crippen LogP contribution is 2.20. The molecule has 0 aliphatic heterocycles. The average molecular weight is 486 g/mol. The summed E-state index contributed by atoms with van der Waals surface area (Å²) in [6.45, 7) is 1.02. The zero-order valence-electron chi connectivity index (χ0n) is 18.2. The van der Waals surface area contributed by atoms with Crippen LogP contribution in [0.2, 0.25) is 0 Å². The van der Waals surface area contributed by atoms with Crippen LogP contribution in [0.15, 0.2) is 87.7 Å². The van der Waals surface area contributed by atoms with Gasteiger partial charge in [0.15, 0.2) is 0 Å². The molecule has 0 saturated heterocycles. The predicted octanol–water partition coefficient (Wildman–Crippen LogP) is 4.20.